The fourth-order valence-corrected chi connectivity index (χ4v) is 3.81. The fraction of sp³-hybridized carbons (Fsp3) is 0.379. The van der Waals surface area contributed by atoms with E-state index in [-0.39, 0.29) is 23.0 Å². The Morgan fingerprint density at radius 1 is 0.649 bits per heavy atom. The molecule has 0 aromatic heterocycles. The number of esters is 2. The zero-order chi connectivity index (χ0) is 27.6. The maximum absolute atomic E-state index is 12.4. The maximum Gasteiger partial charge on any atom is 0.335 e. The van der Waals surface area contributed by atoms with Crippen LogP contribution in [0.1, 0.15) is 52.7 Å². The largest absolute Gasteiger partial charge is 0.490 e. The summed E-state index contributed by atoms with van der Waals surface area (Å²) in [6, 6.07) is 7.08. The predicted octanol–water partition coefficient (Wildman–Crippen LogP) is 5.79. The van der Waals surface area contributed by atoms with Gasteiger partial charge in [0.2, 0.25) is 11.5 Å². The number of ether oxygens (including phenoxy) is 6. The average molecular weight is 513 g/mol. The van der Waals surface area contributed by atoms with E-state index in [9.17, 15) is 9.59 Å². The van der Waals surface area contributed by atoms with Crippen LogP contribution in [0.3, 0.4) is 0 Å². The van der Waals surface area contributed by atoms with E-state index in [0.29, 0.717) is 49.1 Å². The molecule has 37 heavy (non-hydrogen) atoms. The maximum atomic E-state index is 12.4. The molecule has 200 valence electrons. The molecule has 8 heteroatoms. The van der Waals surface area contributed by atoms with Crippen LogP contribution in [0.15, 0.2) is 49.6 Å². The van der Waals surface area contributed by atoms with Gasteiger partial charge in [-0.2, -0.15) is 0 Å². The Labute approximate surface area is 218 Å². The second-order valence-corrected chi connectivity index (χ2v) is 8.15. The Morgan fingerprint density at radius 3 is 1.30 bits per heavy atom. The molecular formula is C29H36O8. The highest BCUT2D eigenvalue weighted by Gasteiger charge is 2.36. The SMILES string of the molecule is C=CC(=O)Oc1c(C(C)(C)c2ccc(OCC)c(OCC)c2OC(=O)C=C)ccc(OCC)c1OCC. The van der Waals surface area contributed by atoms with E-state index >= 15 is 0 Å². The summed E-state index contributed by atoms with van der Waals surface area (Å²) in [5.74, 6) is 0.451. The van der Waals surface area contributed by atoms with Crippen LogP contribution in [-0.4, -0.2) is 38.4 Å². The smallest absolute Gasteiger partial charge is 0.335 e. The van der Waals surface area contributed by atoms with Crippen molar-refractivity contribution in [2.75, 3.05) is 26.4 Å². The molecule has 2 rings (SSSR count). The van der Waals surface area contributed by atoms with Crippen molar-refractivity contribution >= 4 is 11.9 Å². The van der Waals surface area contributed by atoms with Gasteiger partial charge in [-0.3, -0.25) is 0 Å². The van der Waals surface area contributed by atoms with Gasteiger partial charge in [-0.25, -0.2) is 9.59 Å². The van der Waals surface area contributed by atoms with E-state index in [0.717, 1.165) is 12.2 Å². The van der Waals surface area contributed by atoms with E-state index in [4.69, 9.17) is 28.4 Å². The Bertz CT molecular complexity index is 1050. The van der Waals surface area contributed by atoms with E-state index < -0.39 is 17.4 Å². The first kappa shape index (κ1) is 29.3. The van der Waals surface area contributed by atoms with E-state index in [1.54, 1.807) is 24.3 Å². The lowest BCUT2D eigenvalue weighted by Crippen LogP contribution is -2.24. The molecule has 0 radical (unpaired) electrons. The lowest BCUT2D eigenvalue weighted by atomic mass is 9.76. The van der Waals surface area contributed by atoms with Crippen molar-refractivity contribution in [3.05, 3.63) is 60.7 Å². The number of carbonyl (C=O) groups excluding carboxylic acids is 2. The molecule has 0 spiro atoms. The van der Waals surface area contributed by atoms with Crippen LogP contribution >= 0.6 is 0 Å². The van der Waals surface area contributed by atoms with E-state index in [2.05, 4.69) is 13.2 Å². The molecule has 0 aliphatic heterocycles. The van der Waals surface area contributed by atoms with Crippen molar-refractivity contribution in [1.82, 2.24) is 0 Å². The van der Waals surface area contributed by atoms with Gasteiger partial charge in [-0.1, -0.05) is 39.1 Å². The summed E-state index contributed by atoms with van der Waals surface area (Å²) >= 11 is 0. The molecule has 0 unspecified atom stereocenters. The minimum Gasteiger partial charge on any atom is -0.490 e. The highest BCUT2D eigenvalue weighted by atomic mass is 16.6. The molecule has 0 atom stereocenters. The molecule has 0 heterocycles. The minimum atomic E-state index is -0.902. The standard InChI is InChI=1S/C29H36O8/c1-9-23(30)36-25-19(15-17-21(32-11-3)27(25)34-13-5)29(7,8)20-16-18-22(33-12-4)28(35-14-6)26(20)37-24(31)10-2/h9-10,15-18H,1-2,11-14H2,3-8H3. The number of benzene rings is 2. The monoisotopic (exact) mass is 512 g/mol. The normalized spacial score (nSPS) is 10.8. The Morgan fingerprint density at radius 2 is 1.00 bits per heavy atom. The lowest BCUT2D eigenvalue weighted by molar-refractivity contribution is -0.130. The molecule has 0 amide bonds. The van der Waals surface area contributed by atoms with Crippen LogP contribution in [-0.2, 0) is 15.0 Å². The number of hydrogen-bond donors (Lipinski definition) is 0. The van der Waals surface area contributed by atoms with E-state index in [1.165, 1.54) is 0 Å². The summed E-state index contributed by atoms with van der Waals surface area (Å²) in [6.45, 7) is 19.5. The summed E-state index contributed by atoms with van der Waals surface area (Å²) < 4.78 is 34.7. The van der Waals surface area contributed by atoms with Gasteiger partial charge in [-0.05, 0) is 39.8 Å². The molecule has 2 aromatic carbocycles. The third kappa shape index (κ3) is 6.64. The summed E-state index contributed by atoms with van der Waals surface area (Å²) in [5, 5.41) is 0. The van der Waals surface area contributed by atoms with Crippen molar-refractivity contribution in [2.45, 2.75) is 47.0 Å². The van der Waals surface area contributed by atoms with Crippen molar-refractivity contribution in [3.8, 4) is 34.5 Å². The third-order valence-corrected chi connectivity index (χ3v) is 5.41. The van der Waals surface area contributed by atoms with Crippen molar-refractivity contribution in [3.63, 3.8) is 0 Å². The summed E-state index contributed by atoms with van der Waals surface area (Å²) in [4.78, 5) is 24.8. The topological polar surface area (TPSA) is 89.5 Å². The molecule has 0 saturated heterocycles. The lowest BCUT2D eigenvalue weighted by Gasteiger charge is -2.31. The highest BCUT2D eigenvalue weighted by Crippen LogP contribution is 2.52. The molecular weight excluding hydrogens is 476 g/mol. The number of rotatable bonds is 14. The summed E-state index contributed by atoms with van der Waals surface area (Å²) in [7, 11) is 0. The molecule has 0 aliphatic carbocycles. The Kier molecular flexibility index (Phi) is 10.6. The molecule has 0 N–H and O–H groups in total. The van der Waals surface area contributed by atoms with Gasteiger partial charge in [0.15, 0.2) is 23.0 Å². The predicted molar refractivity (Wildman–Crippen MR) is 141 cm³/mol. The van der Waals surface area contributed by atoms with Gasteiger partial charge < -0.3 is 28.4 Å². The first-order chi connectivity index (χ1) is 17.7. The second kappa shape index (κ2) is 13.4. The van der Waals surface area contributed by atoms with Crippen LogP contribution < -0.4 is 28.4 Å². The molecule has 0 aliphatic rings. The zero-order valence-electron chi connectivity index (χ0n) is 22.5. The van der Waals surface area contributed by atoms with Crippen molar-refractivity contribution < 1.29 is 38.0 Å². The van der Waals surface area contributed by atoms with Gasteiger partial charge in [0.1, 0.15) is 0 Å². The molecule has 8 nitrogen and oxygen atoms in total. The van der Waals surface area contributed by atoms with Crippen LogP contribution in [0, 0.1) is 0 Å². The number of hydrogen-bond acceptors (Lipinski definition) is 8. The molecule has 0 fully saturated rings. The molecule has 2 aromatic rings. The van der Waals surface area contributed by atoms with Crippen LogP contribution in [0.4, 0.5) is 0 Å². The zero-order valence-corrected chi connectivity index (χ0v) is 22.5. The van der Waals surface area contributed by atoms with Gasteiger partial charge in [0, 0.05) is 28.7 Å². The summed E-state index contributed by atoms with van der Waals surface area (Å²) in [5.41, 5.74) is 0.259. The van der Waals surface area contributed by atoms with Crippen LogP contribution in [0.2, 0.25) is 0 Å². The first-order valence-electron chi connectivity index (χ1n) is 12.2. The van der Waals surface area contributed by atoms with Crippen molar-refractivity contribution in [1.29, 1.82) is 0 Å². The van der Waals surface area contributed by atoms with Gasteiger partial charge in [-0.15, -0.1) is 0 Å². The number of carbonyl (C=O) groups is 2. The van der Waals surface area contributed by atoms with Gasteiger partial charge in [0.25, 0.3) is 0 Å². The Balaban J connectivity index is 2.91. The van der Waals surface area contributed by atoms with Gasteiger partial charge >= 0.3 is 11.9 Å². The van der Waals surface area contributed by atoms with Crippen molar-refractivity contribution in [2.24, 2.45) is 0 Å². The Hall–Kier alpha value is -3.94. The van der Waals surface area contributed by atoms with Crippen LogP contribution in [0.5, 0.6) is 34.5 Å². The highest BCUT2D eigenvalue weighted by molar-refractivity contribution is 5.86. The fourth-order valence-electron chi connectivity index (χ4n) is 3.81. The second-order valence-electron chi connectivity index (χ2n) is 8.15. The van der Waals surface area contributed by atoms with Gasteiger partial charge in [0.05, 0.1) is 26.4 Å². The quantitative estimate of drug-likeness (QED) is 0.179. The van der Waals surface area contributed by atoms with Crippen LogP contribution in [0.25, 0.3) is 0 Å². The van der Waals surface area contributed by atoms with E-state index in [1.807, 2.05) is 41.5 Å². The minimum absolute atomic E-state index is 0.176. The average Bonchev–Trinajstić information content (AvgIpc) is 2.87. The molecule has 0 saturated carbocycles. The molecule has 0 bridgehead atoms. The third-order valence-electron chi connectivity index (χ3n) is 5.41. The summed E-state index contributed by atoms with van der Waals surface area (Å²) in [6.07, 6.45) is 2.14. The first-order valence-corrected chi connectivity index (χ1v) is 12.2.